The van der Waals surface area contributed by atoms with E-state index in [2.05, 4.69) is 55.4 Å². The number of hydrogen-bond donors (Lipinski definition) is 1. The lowest BCUT2D eigenvalue weighted by Crippen LogP contribution is -2.17. The molecule has 0 saturated carbocycles. The summed E-state index contributed by atoms with van der Waals surface area (Å²) in [5.41, 5.74) is 2.38. The van der Waals surface area contributed by atoms with Gasteiger partial charge >= 0.3 is 0 Å². The minimum atomic E-state index is 0.767. The number of hydrogen-bond acceptors (Lipinski definition) is 6. The Labute approximate surface area is 157 Å². The maximum absolute atomic E-state index is 5.28. The summed E-state index contributed by atoms with van der Waals surface area (Å²) in [5.74, 6) is 0.885. The highest BCUT2D eigenvalue weighted by Gasteiger charge is 2.17. The first-order valence-electron chi connectivity index (χ1n) is 8.92. The molecule has 0 bridgehead atoms. The van der Waals surface area contributed by atoms with E-state index in [1.165, 1.54) is 24.1 Å². The summed E-state index contributed by atoms with van der Waals surface area (Å²) in [4.78, 5) is 2.32. The molecule has 0 unspecified atom stereocenters. The minimum Gasteiger partial charge on any atom is -0.497 e. The van der Waals surface area contributed by atoms with E-state index < -0.39 is 0 Å². The summed E-state index contributed by atoms with van der Waals surface area (Å²) in [5, 5.41) is 14.2. The van der Waals surface area contributed by atoms with Crippen LogP contribution in [-0.2, 0) is 13.1 Å². The van der Waals surface area contributed by atoms with Gasteiger partial charge in [-0.15, -0.1) is 10.2 Å². The average Bonchev–Trinajstić information content (AvgIpc) is 3.42. The Morgan fingerprint density at radius 3 is 2.77 bits per heavy atom. The summed E-state index contributed by atoms with van der Waals surface area (Å²) < 4.78 is 7.40. The number of nitrogens with zero attached hydrogens (tertiary/aromatic N) is 4. The van der Waals surface area contributed by atoms with Crippen molar-refractivity contribution in [3.8, 4) is 10.9 Å². The Balaban J connectivity index is 1.40. The molecule has 2 aromatic heterocycles. The van der Waals surface area contributed by atoms with Gasteiger partial charge in [-0.2, -0.15) is 0 Å². The summed E-state index contributed by atoms with van der Waals surface area (Å²) >= 11 is 1.66. The van der Waals surface area contributed by atoms with Gasteiger partial charge in [0.15, 0.2) is 0 Å². The third-order valence-electron chi connectivity index (χ3n) is 4.59. The van der Waals surface area contributed by atoms with Crippen LogP contribution in [0, 0.1) is 0 Å². The molecule has 1 aliphatic heterocycles. The van der Waals surface area contributed by atoms with Gasteiger partial charge in [0.1, 0.15) is 5.75 Å². The number of nitrogens with one attached hydrogen (secondary N) is 1. The SMILES string of the molecule is COc1cccc(CNCc2cccn2-c2nnc(N3CCCC3)s2)c1. The fourth-order valence-corrected chi connectivity index (χ4v) is 4.12. The number of methoxy groups -OCH3 is 1. The predicted molar refractivity (Wildman–Crippen MR) is 104 cm³/mol. The van der Waals surface area contributed by atoms with Gasteiger partial charge in [-0.25, -0.2) is 0 Å². The molecule has 3 aromatic rings. The minimum absolute atomic E-state index is 0.767. The topological polar surface area (TPSA) is 55.2 Å². The third kappa shape index (κ3) is 3.73. The molecule has 136 valence electrons. The first kappa shape index (κ1) is 17.1. The highest BCUT2D eigenvalue weighted by atomic mass is 32.1. The first-order valence-corrected chi connectivity index (χ1v) is 9.74. The van der Waals surface area contributed by atoms with Gasteiger partial charge in [-0.3, -0.25) is 4.57 Å². The van der Waals surface area contributed by atoms with E-state index in [0.29, 0.717) is 0 Å². The molecule has 1 N–H and O–H groups in total. The lowest BCUT2D eigenvalue weighted by Gasteiger charge is -2.11. The van der Waals surface area contributed by atoms with Crippen molar-refractivity contribution in [2.24, 2.45) is 0 Å². The van der Waals surface area contributed by atoms with E-state index in [0.717, 1.165) is 42.2 Å². The smallest absolute Gasteiger partial charge is 0.218 e. The molecule has 26 heavy (non-hydrogen) atoms. The molecule has 0 aliphatic carbocycles. The van der Waals surface area contributed by atoms with Crippen LogP contribution in [0.1, 0.15) is 24.1 Å². The van der Waals surface area contributed by atoms with Crippen LogP contribution in [-0.4, -0.2) is 35.0 Å². The second-order valence-electron chi connectivity index (χ2n) is 6.39. The molecule has 3 heterocycles. The molecule has 0 amide bonds. The maximum Gasteiger partial charge on any atom is 0.218 e. The van der Waals surface area contributed by atoms with Crippen molar-refractivity contribution in [1.82, 2.24) is 20.1 Å². The second-order valence-corrected chi connectivity index (χ2v) is 7.32. The number of ether oxygens (including phenoxy) is 1. The fraction of sp³-hybridized carbons (Fsp3) is 0.368. The van der Waals surface area contributed by atoms with Crippen molar-refractivity contribution >= 4 is 16.5 Å². The monoisotopic (exact) mass is 369 g/mol. The van der Waals surface area contributed by atoms with Crippen LogP contribution in [0.5, 0.6) is 5.75 Å². The van der Waals surface area contributed by atoms with Crippen LogP contribution in [0.15, 0.2) is 42.6 Å². The first-order chi connectivity index (χ1) is 12.8. The second kappa shape index (κ2) is 7.88. The van der Waals surface area contributed by atoms with E-state index in [-0.39, 0.29) is 0 Å². The zero-order valence-electron chi connectivity index (χ0n) is 14.9. The van der Waals surface area contributed by atoms with Crippen LogP contribution in [0.3, 0.4) is 0 Å². The van der Waals surface area contributed by atoms with Gasteiger partial charge < -0.3 is 15.0 Å². The van der Waals surface area contributed by atoms with Crippen LogP contribution in [0.4, 0.5) is 5.13 Å². The molecule has 7 heteroatoms. The Hall–Kier alpha value is -2.38. The van der Waals surface area contributed by atoms with E-state index in [4.69, 9.17) is 4.74 Å². The Kier molecular flexibility index (Phi) is 5.17. The predicted octanol–water partition coefficient (Wildman–Crippen LogP) is 3.23. The summed E-state index contributed by atoms with van der Waals surface area (Å²) in [7, 11) is 1.69. The van der Waals surface area contributed by atoms with Crippen LogP contribution >= 0.6 is 11.3 Å². The standard InChI is InChI=1S/C19H23N5OS/c1-25-17-8-4-6-15(12-17)13-20-14-16-7-5-11-24(16)19-22-21-18(26-19)23-9-2-3-10-23/h4-8,11-12,20H,2-3,9-10,13-14H2,1H3. The molecule has 1 aromatic carbocycles. The molecular weight excluding hydrogens is 346 g/mol. The van der Waals surface area contributed by atoms with Crippen molar-refractivity contribution in [3.05, 3.63) is 53.9 Å². The van der Waals surface area contributed by atoms with Crippen LogP contribution < -0.4 is 15.0 Å². The van der Waals surface area contributed by atoms with Gasteiger partial charge in [0.2, 0.25) is 10.3 Å². The number of aromatic nitrogens is 3. The Morgan fingerprint density at radius 2 is 1.92 bits per heavy atom. The van der Waals surface area contributed by atoms with Gasteiger partial charge in [0, 0.05) is 38.1 Å². The van der Waals surface area contributed by atoms with Gasteiger partial charge in [-0.05, 0) is 42.7 Å². The Bertz CT molecular complexity index is 853. The van der Waals surface area contributed by atoms with Gasteiger partial charge in [0.25, 0.3) is 0 Å². The van der Waals surface area contributed by atoms with Crippen LogP contribution in [0.25, 0.3) is 5.13 Å². The molecule has 1 fully saturated rings. The summed E-state index contributed by atoms with van der Waals surface area (Å²) in [6.07, 6.45) is 4.55. The maximum atomic E-state index is 5.28. The van der Waals surface area contributed by atoms with Crippen molar-refractivity contribution < 1.29 is 4.74 Å². The molecule has 1 saturated heterocycles. The number of anilines is 1. The van der Waals surface area contributed by atoms with Crippen molar-refractivity contribution in [1.29, 1.82) is 0 Å². The molecule has 0 spiro atoms. The van der Waals surface area contributed by atoms with E-state index >= 15 is 0 Å². The molecule has 1 aliphatic rings. The van der Waals surface area contributed by atoms with Crippen molar-refractivity contribution in [2.75, 3.05) is 25.1 Å². The zero-order valence-corrected chi connectivity index (χ0v) is 15.7. The average molecular weight is 369 g/mol. The van der Waals surface area contributed by atoms with Crippen molar-refractivity contribution in [2.45, 2.75) is 25.9 Å². The highest BCUT2D eigenvalue weighted by Crippen LogP contribution is 2.27. The lowest BCUT2D eigenvalue weighted by atomic mass is 10.2. The molecule has 0 atom stereocenters. The number of rotatable bonds is 7. The zero-order chi connectivity index (χ0) is 17.8. The van der Waals surface area contributed by atoms with Crippen LogP contribution in [0.2, 0.25) is 0 Å². The molecule has 4 rings (SSSR count). The summed E-state index contributed by atoms with van der Waals surface area (Å²) in [6.45, 7) is 3.74. The van der Waals surface area contributed by atoms with Crippen molar-refractivity contribution in [3.63, 3.8) is 0 Å². The van der Waals surface area contributed by atoms with E-state index in [1.807, 2.05) is 12.1 Å². The molecule has 6 nitrogen and oxygen atoms in total. The number of benzene rings is 1. The van der Waals surface area contributed by atoms with Gasteiger partial charge in [0.05, 0.1) is 7.11 Å². The lowest BCUT2D eigenvalue weighted by molar-refractivity contribution is 0.414. The third-order valence-corrected chi connectivity index (χ3v) is 5.57. The fourth-order valence-electron chi connectivity index (χ4n) is 3.21. The Morgan fingerprint density at radius 1 is 1.08 bits per heavy atom. The highest BCUT2D eigenvalue weighted by molar-refractivity contribution is 7.17. The largest absolute Gasteiger partial charge is 0.497 e. The molecule has 0 radical (unpaired) electrons. The normalized spacial score (nSPS) is 14.1. The molecular formula is C19H23N5OS. The van der Waals surface area contributed by atoms with E-state index in [1.54, 1.807) is 18.4 Å². The van der Waals surface area contributed by atoms with Gasteiger partial charge in [-0.1, -0.05) is 23.5 Å². The quantitative estimate of drug-likeness (QED) is 0.693. The summed E-state index contributed by atoms with van der Waals surface area (Å²) in [6, 6.07) is 12.3. The van der Waals surface area contributed by atoms with E-state index in [9.17, 15) is 0 Å².